The first-order chi connectivity index (χ1) is 8.15. The van der Waals surface area contributed by atoms with Gasteiger partial charge in [0.05, 0.1) is 5.75 Å². The maximum absolute atomic E-state index is 11.8. The van der Waals surface area contributed by atoms with Crippen LogP contribution in [-0.4, -0.2) is 16.1 Å². The van der Waals surface area contributed by atoms with Gasteiger partial charge in [0.2, 0.25) is 0 Å². The van der Waals surface area contributed by atoms with Crippen molar-refractivity contribution in [2.24, 2.45) is 7.05 Å². The molecule has 0 aliphatic rings. The van der Waals surface area contributed by atoms with Gasteiger partial charge in [-0.25, -0.2) is 0 Å². The van der Waals surface area contributed by atoms with Gasteiger partial charge in [-0.1, -0.05) is 17.7 Å². The molecule has 2 aromatic rings. The van der Waals surface area contributed by atoms with Crippen molar-refractivity contribution < 1.29 is 4.79 Å². The molecule has 0 fully saturated rings. The molecule has 1 aromatic heterocycles. The Balaban J connectivity index is 1.97. The minimum atomic E-state index is 0.135. The second-order valence-corrected chi connectivity index (χ2v) is 5.22. The SMILES string of the molecule is Cn1ccc(C(=O)CSc2cccc(Cl)c2)c1. The topological polar surface area (TPSA) is 22.0 Å². The van der Waals surface area contributed by atoms with Gasteiger partial charge in [0.25, 0.3) is 0 Å². The second kappa shape index (κ2) is 5.43. The largest absolute Gasteiger partial charge is 0.357 e. The lowest BCUT2D eigenvalue weighted by molar-refractivity contribution is 0.102. The summed E-state index contributed by atoms with van der Waals surface area (Å²) in [6, 6.07) is 9.36. The molecule has 0 bridgehead atoms. The molecule has 1 heterocycles. The lowest BCUT2D eigenvalue weighted by atomic mass is 10.2. The standard InChI is InChI=1S/C13H12ClNOS/c1-15-6-5-10(8-15)13(16)9-17-12-4-2-3-11(14)7-12/h2-8H,9H2,1H3. The van der Waals surface area contributed by atoms with Crippen molar-refractivity contribution in [2.75, 3.05) is 5.75 Å². The molecule has 0 aliphatic heterocycles. The van der Waals surface area contributed by atoms with Crippen molar-refractivity contribution in [3.8, 4) is 0 Å². The van der Waals surface area contributed by atoms with E-state index in [-0.39, 0.29) is 5.78 Å². The molecule has 0 unspecified atom stereocenters. The zero-order valence-corrected chi connectivity index (χ0v) is 11.0. The highest BCUT2D eigenvalue weighted by Gasteiger charge is 2.07. The number of aromatic nitrogens is 1. The Morgan fingerprint density at radius 1 is 1.41 bits per heavy atom. The summed E-state index contributed by atoms with van der Waals surface area (Å²) in [5.74, 6) is 0.570. The molecule has 0 spiro atoms. The summed E-state index contributed by atoms with van der Waals surface area (Å²) in [5.41, 5.74) is 0.752. The number of nitrogens with zero attached hydrogens (tertiary/aromatic N) is 1. The predicted molar refractivity (Wildman–Crippen MR) is 71.9 cm³/mol. The Kier molecular flexibility index (Phi) is 3.92. The van der Waals surface area contributed by atoms with Gasteiger partial charge in [0, 0.05) is 34.9 Å². The molecular formula is C13H12ClNOS. The van der Waals surface area contributed by atoms with Crippen LogP contribution in [0.3, 0.4) is 0 Å². The summed E-state index contributed by atoms with van der Waals surface area (Å²) in [5, 5.41) is 0.696. The Bertz CT molecular complexity index is 536. The van der Waals surface area contributed by atoms with E-state index in [1.165, 1.54) is 11.8 Å². The number of hydrogen-bond donors (Lipinski definition) is 0. The van der Waals surface area contributed by atoms with Crippen LogP contribution < -0.4 is 0 Å². The number of ketones is 1. The second-order valence-electron chi connectivity index (χ2n) is 3.73. The third kappa shape index (κ3) is 3.38. The maximum atomic E-state index is 11.8. The molecule has 0 saturated carbocycles. The number of carbonyl (C=O) groups is 1. The minimum absolute atomic E-state index is 0.135. The third-order valence-corrected chi connectivity index (χ3v) is 3.55. The van der Waals surface area contributed by atoms with Gasteiger partial charge < -0.3 is 4.57 Å². The van der Waals surface area contributed by atoms with E-state index in [0.717, 1.165) is 10.5 Å². The number of hydrogen-bond acceptors (Lipinski definition) is 2. The normalized spacial score (nSPS) is 10.5. The number of rotatable bonds is 4. The Hall–Kier alpha value is -1.19. The van der Waals surface area contributed by atoms with Crippen molar-refractivity contribution in [1.29, 1.82) is 0 Å². The van der Waals surface area contributed by atoms with Crippen molar-refractivity contribution in [3.05, 3.63) is 53.3 Å². The molecule has 0 N–H and O–H groups in total. The molecule has 0 aliphatic carbocycles. The summed E-state index contributed by atoms with van der Waals surface area (Å²) < 4.78 is 1.87. The minimum Gasteiger partial charge on any atom is -0.357 e. The highest BCUT2D eigenvalue weighted by molar-refractivity contribution is 8.00. The lowest BCUT2D eigenvalue weighted by Gasteiger charge is -2.00. The highest BCUT2D eigenvalue weighted by atomic mass is 35.5. The van der Waals surface area contributed by atoms with E-state index >= 15 is 0 Å². The van der Waals surface area contributed by atoms with Crippen molar-refractivity contribution >= 4 is 29.1 Å². The number of carbonyl (C=O) groups excluding carboxylic acids is 1. The van der Waals surface area contributed by atoms with E-state index in [2.05, 4.69) is 0 Å². The van der Waals surface area contributed by atoms with Crippen LogP contribution in [0.2, 0.25) is 5.02 Å². The van der Waals surface area contributed by atoms with E-state index in [0.29, 0.717) is 10.8 Å². The quantitative estimate of drug-likeness (QED) is 0.622. The average molecular weight is 266 g/mol. The zero-order valence-electron chi connectivity index (χ0n) is 9.39. The summed E-state index contributed by atoms with van der Waals surface area (Å²) in [7, 11) is 1.90. The number of thioether (sulfide) groups is 1. The van der Waals surface area contributed by atoms with Gasteiger partial charge in [-0.2, -0.15) is 0 Å². The van der Waals surface area contributed by atoms with E-state index < -0.39 is 0 Å². The monoisotopic (exact) mass is 265 g/mol. The van der Waals surface area contributed by atoms with Gasteiger partial charge in [-0.3, -0.25) is 4.79 Å². The van der Waals surface area contributed by atoms with Crippen LogP contribution in [0.1, 0.15) is 10.4 Å². The molecule has 0 radical (unpaired) electrons. The Labute approximate surface area is 110 Å². The molecule has 88 valence electrons. The van der Waals surface area contributed by atoms with Gasteiger partial charge in [0.15, 0.2) is 5.78 Å². The summed E-state index contributed by atoms with van der Waals surface area (Å²) in [6.07, 6.45) is 3.71. The molecule has 2 nitrogen and oxygen atoms in total. The van der Waals surface area contributed by atoms with Crippen molar-refractivity contribution in [2.45, 2.75) is 4.90 Å². The molecule has 17 heavy (non-hydrogen) atoms. The van der Waals surface area contributed by atoms with Crippen LogP contribution in [0.4, 0.5) is 0 Å². The zero-order chi connectivity index (χ0) is 12.3. The molecule has 0 amide bonds. The Morgan fingerprint density at radius 3 is 2.88 bits per heavy atom. The average Bonchev–Trinajstić information content (AvgIpc) is 2.73. The van der Waals surface area contributed by atoms with Crippen LogP contribution >= 0.6 is 23.4 Å². The highest BCUT2D eigenvalue weighted by Crippen LogP contribution is 2.22. The summed E-state index contributed by atoms with van der Waals surface area (Å²) in [6.45, 7) is 0. The number of Topliss-reactive ketones (excluding diaryl/α,β-unsaturated/α-hetero) is 1. The number of halogens is 1. The van der Waals surface area contributed by atoms with Gasteiger partial charge >= 0.3 is 0 Å². The summed E-state index contributed by atoms with van der Waals surface area (Å²) >= 11 is 7.38. The third-order valence-electron chi connectivity index (χ3n) is 2.32. The van der Waals surface area contributed by atoms with Crippen molar-refractivity contribution in [1.82, 2.24) is 4.57 Å². The molecule has 0 atom stereocenters. The first-order valence-corrected chi connectivity index (χ1v) is 6.55. The molecule has 1 aromatic carbocycles. The number of aryl methyl sites for hydroxylation is 1. The lowest BCUT2D eigenvalue weighted by Crippen LogP contribution is -2.00. The van der Waals surface area contributed by atoms with E-state index in [1.807, 2.05) is 54.3 Å². The number of benzene rings is 1. The van der Waals surface area contributed by atoms with Gasteiger partial charge in [-0.05, 0) is 24.3 Å². The van der Waals surface area contributed by atoms with Crippen LogP contribution in [0, 0.1) is 0 Å². The van der Waals surface area contributed by atoms with Crippen LogP contribution in [-0.2, 0) is 7.05 Å². The van der Waals surface area contributed by atoms with E-state index in [4.69, 9.17) is 11.6 Å². The molecule has 4 heteroatoms. The Morgan fingerprint density at radius 2 is 2.24 bits per heavy atom. The van der Waals surface area contributed by atoms with Crippen molar-refractivity contribution in [3.63, 3.8) is 0 Å². The fraction of sp³-hybridized carbons (Fsp3) is 0.154. The van der Waals surface area contributed by atoms with Crippen LogP contribution in [0.25, 0.3) is 0 Å². The molecular weight excluding hydrogens is 254 g/mol. The van der Waals surface area contributed by atoms with E-state index in [1.54, 1.807) is 0 Å². The first-order valence-electron chi connectivity index (χ1n) is 5.19. The van der Waals surface area contributed by atoms with Gasteiger partial charge in [-0.15, -0.1) is 11.8 Å². The maximum Gasteiger partial charge on any atom is 0.174 e. The first kappa shape index (κ1) is 12.3. The smallest absolute Gasteiger partial charge is 0.174 e. The molecule has 2 rings (SSSR count). The molecule has 0 saturated heterocycles. The van der Waals surface area contributed by atoms with Gasteiger partial charge in [0.1, 0.15) is 0 Å². The fourth-order valence-corrected chi connectivity index (χ4v) is 2.56. The predicted octanol–water partition coefficient (Wildman–Crippen LogP) is 3.65. The van der Waals surface area contributed by atoms with Crippen LogP contribution in [0.15, 0.2) is 47.6 Å². The fourth-order valence-electron chi connectivity index (χ4n) is 1.46. The van der Waals surface area contributed by atoms with E-state index in [9.17, 15) is 4.79 Å². The summed E-state index contributed by atoms with van der Waals surface area (Å²) in [4.78, 5) is 12.9. The van der Waals surface area contributed by atoms with Crippen LogP contribution in [0.5, 0.6) is 0 Å².